The number of H-pyrrole nitrogens is 1. The molecule has 8 nitrogen and oxygen atoms in total. The summed E-state index contributed by atoms with van der Waals surface area (Å²) in [6.07, 6.45) is 1.16. The van der Waals surface area contributed by atoms with Crippen LogP contribution < -0.4 is 20.8 Å². The highest BCUT2D eigenvalue weighted by Gasteiger charge is 2.45. The molecule has 160 valence electrons. The summed E-state index contributed by atoms with van der Waals surface area (Å²) in [5.74, 6) is -1.51. The molecule has 0 unspecified atom stereocenters. The number of carbonyl (C=O) groups is 1. The Balaban J connectivity index is 1.84. The lowest BCUT2D eigenvalue weighted by Gasteiger charge is -2.27. The highest BCUT2D eigenvalue weighted by molar-refractivity contribution is 5.93. The Kier molecular flexibility index (Phi) is 4.03. The van der Waals surface area contributed by atoms with E-state index in [1.54, 1.807) is 0 Å². The predicted molar refractivity (Wildman–Crippen MR) is 110 cm³/mol. The molecule has 0 spiro atoms. The van der Waals surface area contributed by atoms with Gasteiger partial charge in [0, 0.05) is 28.6 Å². The van der Waals surface area contributed by atoms with E-state index in [1.807, 2.05) is 6.92 Å². The maximum Gasteiger partial charge on any atom is 0.348 e. The van der Waals surface area contributed by atoms with Crippen LogP contribution in [0.3, 0.4) is 0 Å². The molecule has 0 saturated heterocycles. The van der Waals surface area contributed by atoms with Gasteiger partial charge >= 0.3 is 5.97 Å². The van der Waals surface area contributed by atoms with Crippen molar-refractivity contribution in [3.8, 4) is 22.9 Å². The number of aromatic nitrogens is 2. The fourth-order valence-corrected chi connectivity index (χ4v) is 4.65. The summed E-state index contributed by atoms with van der Waals surface area (Å²) in [6.45, 7) is 3.09. The Morgan fingerprint density at radius 3 is 2.84 bits per heavy atom. The van der Waals surface area contributed by atoms with Crippen molar-refractivity contribution in [2.75, 3.05) is 7.11 Å². The van der Waals surface area contributed by atoms with Crippen molar-refractivity contribution in [3.05, 3.63) is 50.6 Å². The Labute approximate surface area is 175 Å². The minimum absolute atomic E-state index is 0.0529. The van der Waals surface area contributed by atoms with Crippen molar-refractivity contribution in [2.45, 2.75) is 38.3 Å². The second-order valence-electron chi connectivity index (χ2n) is 8.13. The van der Waals surface area contributed by atoms with E-state index in [0.29, 0.717) is 24.1 Å². The highest BCUT2D eigenvalue weighted by atomic mass is 19.1. The number of nitrogens with zero attached hydrogens (tertiary/aromatic N) is 1. The summed E-state index contributed by atoms with van der Waals surface area (Å²) in [5, 5.41) is 11.3. The Hall–Kier alpha value is -3.30. The molecule has 9 heteroatoms. The van der Waals surface area contributed by atoms with Crippen molar-refractivity contribution < 1.29 is 23.8 Å². The first kappa shape index (κ1) is 19.7. The summed E-state index contributed by atoms with van der Waals surface area (Å²) < 4.78 is 24.9. The van der Waals surface area contributed by atoms with Crippen molar-refractivity contribution in [2.24, 2.45) is 5.73 Å². The minimum atomic E-state index is -1.96. The first-order valence-corrected chi connectivity index (χ1v) is 9.83. The van der Waals surface area contributed by atoms with Crippen LogP contribution in [0.4, 0.5) is 4.39 Å². The van der Waals surface area contributed by atoms with Gasteiger partial charge in [-0.1, -0.05) is 0 Å². The standard InChI is InChI=1S/C22H20FN3O5/c1-8-15-12(24)5-4-9-16(15)13(7-11(23)18(9)30-3)25-17(8)14-6-10-19(20(27)26-14)31-21(28)22(10,2)29/h6-7,12,29H,4-5,24H2,1-3H3,(H,26,27)/t12-,22-/m0/s1. The molecule has 3 aromatic rings. The van der Waals surface area contributed by atoms with E-state index >= 15 is 0 Å². The topological polar surface area (TPSA) is 128 Å². The first-order valence-electron chi connectivity index (χ1n) is 9.83. The molecule has 0 radical (unpaired) electrons. The number of aliphatic hydroxyl groups is 1. The molecule has 1 aliphatic carbocycles. The minimum Gasteiger partial charge on any atom is -0.493 e. The fourth-order valence-electron chi connectivity index (χ4n) is 4.65. The van der Waals surface area contributed by atoms with E-state index in [1.165, 1.54) is 26.2 Å². The average molecular weight is 425 g/mol. The number of nitrogens with two attached hydrogens (primary N) is 1. The summed E-state index contributed by atoms with van der Waals surface area (Å²) >= 11 is 0. The number of aromatic amines is 1. The largest absolute Gasteiger partial charge is 0.493 e. The Bertz CT molecular complexity index is 1360. The van der Waals surface area contributed by atoms with E-state index in [-0.39, 0.29) is 28.8 Å². The van der Waals surface area contributed by atoms with E-state index in [9.17, 15) is 19.1 Å². The van der Waals surface area contributed by atoms with Gasteiger partial charge in [-0.05, 0) is 43.9 Å². The fraction of sp³-hybridized carbons (Fsp3) is 0.318. The summed E-state index contributed by atoms with van der Waals surface area (Å²) in [4.78, 5) is 31.8. The molecule has 3 heterocycles. The maximum absolute atomic E-state index is 14.7. The number of rotatable bonds is 2. The molecule has 0 amide bonds. The van der Waals surface area contributed by atoms with Crippen LogP contribution in [0.2, 0.25) is 0 Å². The normalized spacial score (nSPS) is 21.9. The lowest BCUT2D eigenvalue weighted by Crippen LogP contribution is -2.29. The van der Waals surface area contributed by atoms with Crippen LogP contribution in [0.25, 0.3) is 22.3 Å². The van der Waals surface area contributed by atoms with Gasteiger partial charge in [-0.25, -0.2) is 14.2 Å². The van der Waals surface area contributed by atoms with Gasteiger partial charge in [0.2, 0.25) is 5.75 Å². The Morgan fingerprint density at radius 1 is 1.39 bits per heavy atom. The molecule has 2 atom stereocenters. The summed E-state index contributed by atoms with van der Waals surface area (Å²) in [5.41, 5.74) is 7.14. The van der Waals surface area contributed by atoms with Crippen molar-refractivity contribution >= 4 is 16.9 Å². The van der Waals surface area contributed by atoms with Crippen molar-refractivity contribution in [1.82, 2.24) is 9.97 Å². The third-order valence-corrected chi connectivity index (χ3v) is 6.21. The maximum atomic E-state index is 14.7. The van der Waals surface area contributed by atoms with Crippen LogP contribution in [0.5, 0.6) is 11.5 Å². The highest BCUT2D eigenvalue weighted by Crippen LogP contribution is 2.44. The molecule has 0 fully saturated rings. The zero-order chi connectivity index (χ0) is 22.2. The quantitative estimate of drug-likeness (QED) is 0.537. The first-order chi connectivity index (χ1) is 14.6. The number of methoxy groups -OCH3 is 1. The van der Waals surface area contributed by atoms with Gasteiger partial charge in [0.05, 0.1) is 24.0 Å². The molecule has 2 aliphatic rings. The van der Waals surface area contributed by atoms with Crippen LogP contribution in [-0.2, 0) is 16.8 Å². The molecule has 0 bridgehead atoms. The number of halogens is 1. The summed E-state index contributed by atoms with van der Waals surface area (Å²) in [7, 11) is 1.42. The van der Waals surface area contributed by atoms with E-state index in [4.69, 9.17) is 15.2 Å². The third-order valence-electron chi connectivity index (χ3n) is 6.21. The number of hydrogen-bond acceptors (Lipinski definition) is 7. The molecular formula is C22H20FN3O5. The summed E-state index contributed by atoms with van der Waals surface area (Å²) in [6, 6.07) is 2.45. The molecule has 1 aromatic carbocycles. The lowest BCUT2D eigenvalue weighted by atomic mass is 9.83. The molecule has 0 saturated carbocycles. The molecule has 2 aromatic heterocycles. The average Bonchev–Trinajstić information content (AvgIpc) is 2.95. The van der Waals surface area contributed by atoms with Gasteiger partial charge in [-0.2, -0.15) is 0 Å². The smallest absolute Gasteiger partial charge is 0.348 e. The number of fused-ring (bicyclic) bond motifs is 1. The molecule has 4 N–H and O–H groups in total. The number of carbonyl (C=O) groups excluding carboxylic acids is 1. The number of aryl methyl sites for hydroxylation is 1. The number of pyridine rings is 2. The number of hydrogen-bond donors (Lipinski definition) is 3. The van der Waals surface area contributed by atoms with Crippen molar-refractivity contribution in [3.63, 3.8) is 0 Å². The van der Waals surface area contributed by atoms with Gasteiger partial charge in [0.15, 0.2) is 17.2 Å². The van der Waals surface area contributed by atoms with Crippen LogP contribution in [0.1, 0.15) is 41.6 Å². The number of benzene rings is 1. The van der Waals surface area contributed by atoms with Gasteiger partial charge in [0.25, 0.3) is 5.56 Å². The van der Waals surface area contributed by atoms with Crippen LogP contribution >= 0.6 is 0 Å². The Morgan fingerprint density at radius 2 is 2.13 bits per heavy atom. The molecular weight excluding hydrogens is 405 g/mol. The van der Waals surface area contributed by atoms with Gasteiger partial charge in [-0.3, -0.25) is 4.79 Å². The monoisotopic (exact) mass is 425 g/mol. The second kappa shape index (κ2) is 6.35. The third kappa shape index (κ3) is 2.56. The van der Waals surface area contributed by atoms with Crippen LogP contribution in [0.15, 0.2) is 16.9 Å². The number of nitrogens with one attached hydrogen (secondary N) is 1. The van der Waals surface area contributed by atoms with E-state index in [0.717, 1.165) is 22.1 Å². The predicted octanol–water partition coefficient (Wildman–Crippen LogP) is 2.12. The van der Waals surface area contributed by atoms with E-state index in [2.05, 4.69) is 9.97 Å². The second-order valence-corrected chi connectivity index (χ2v) is 8.13. The molecule has 1 aliphatic heterocycles. The number of ether oxygens (including phenoxy) is 2. The zero-order valence-corrected chi connectivity index (χ0v) is 17.1. The molecule has 5 rings (SSSR count). The molecule has 31 heavy (non-hydrogen) atoms. The van der Waals surface area contributed by atoms with Gasteiger partial charge < -0.3 is 25.3 Å². The van der Waals surface area contributed by atoms with E-state index < -0.39 is 22.9 Å². The SMILES string of the molecule is COc1c(F)cc2nc(-c3cc4c(c(=O)[nH]3)OC(=O)[C@@]4(C)O)c(C)c3c2c1CC[C@@H]3N. The van der Waals surface area contributed by atoms with Gasteiger partial charge in [-0.15, -0.1) is 0 Å². The zero-order valence-electron chi connectivity index (χ0n) is 17.1. The lowest BCUT2D eigenvalue weighted by molar-refractivity contribution is -0.150. The van der Waals surface area contributed by atoms with Gasteiger partial charge in [0.1, 0.15) is 0 Å². The van der Waals surface area contributed by atoms with Crippen LogP contribution in [-0.4, -0.2) is 28.2 Å². The number of esters is 1. The van der Waals surface area contributed by atoms with Crippen molar-refractivity contribution in [1.29, 1.82) is 0 Å². The van der Waals surface area contributed by atoms with Crippen LogP contribution in [0, 0.1) is 12.7 Å².